The fourth-order valence-electron chi connectivity index (χ4n) is 3.02. The molecule has 2 N–H and O–H groups in total. The molecule has 0 aromatic carbocycles. The summed E-state index contributed by atoms with van der Waals surface area (Å²) < 4.78 is 39.6. The van der Waals surface area contributed by atoms with Crippen LogP contribution >= 0.6 is 0 Å². The lowest BCUT2D eigenvalue weighted by molar-refractivity contribution is -0.165. The molecular weight excluding hydrogens is 448 g/mol. The standard InChI is InChI=1S/C13H21N3O9S.C5H5N/c1-13(2,3)24-10(17)7-23-14-11(18)9-5-4-8-6-15(9)12(19)16(8)25-26(20,21)22;1-2-4-6-5-3-1/h8-9H,4-7H2,1-3H3,(H,14,18)(H,20,21,22);1-5H/t8-,9+;/m1./s1. The monoisotopic (exact) mass is 474 g/mol. The van der Waals surface area contributed by atoms with Crippen molar-refractivity contribution < 1.29 is 41.2 Å². The van der Waals surface area contributed by atoms with Gasteiger partial charge in [0.1, 0.15) is 11.6 Å². The molecule has 14 heteroatoms. The van der Waals surface area contributed by atoms with Crippen molar-refractivity contribution in [3.63, 3.8) is 0 Å². The van der Waals surface area contributed by atoms with Crippen LogP contribution in [0.1, 0.15) is 33.6 Å². The Kier molecular flexibility index (Phi) is 8.49. The highest BCUT2D eigenvalue weighted by Crippen LogP contribution is 2.30. The molecule has 0 unspecified atom stereocenters. The topological polar surface area (TPSA) is 165 Å². The highest BCUT2D eigenvalue weighted by atomic mass is 32.3. The second kappa shape index (κ2) is 10.7. The molecule has 3 heterocycles. The van der Waals surface area contributed by atoms with Crippen LogP contribution in [0.3, 0.4) is 0 Å². The Labute approximate surface area is 185 Å². The average Bonchev–Trinajstić information content (AvgIpc) is 2.92. The Morgan fingerprint density at radius 2 is 1.88 bits per heavy atom. The molecule has 0 aliphatic carbocycles. The molecule has 0 radical (unpaired) electrons. The summed E-state index contributed by atoms with van der Waals surface area (Å²) in [5.41, 5.74) is 1.38. The number of nitrogens with one attached hydrogen (secondary N) is 1. The third-order valence-electron chi connectivity index (χ3n) is 4.15. The van der Waals surface area contributed by atoms with E-state index in [4.69, 9.17) is 14.1 Å². The minimum Gasteiger partial charge on any atom is -0.458 e. The number of hydrogen-bond acceptors (Lipinski definition) is 9. The maximum atomic E-state index is 12.2. The number of hydrogen-bond donors (Lipinski definition) is 2. The van der Waals surface area contributed by atoms with Gasteiger partial charge in [-0.1, -0.05) is 6.07 Å². The van der Waals surface area contributed by atoms with E-state index in [1.807, 2.05) is 18.2 Å². The van der Waals surface area contributed by atoms with Crippen molar-refractivity contribution in [2.75, 3.05) is 13.2 Å². The molecule has 2 saturated heterocycles. The van der Waals surface area contributed by atoms with E-state index >= 15 is 0 Å². The summed E-state index contributed by atoms with van der Waals surface area (Å²) in [5, 5.41) is 0.532. The van der Waals surface area contributed by atoms with Crippen molar-refractivity contribution in [2.24, 2.45) is 0 Å². The van der Waals surface area contributed by atoms with Crippen LogP contribution in [0, 0.1) is 0 Å². The van der Waals surface area contributed by atoms with Crippen LogP contribution in [-0.4, -0.2) is 76.7 Å². The lowest BCUT2D eigenvalue weighted by Crippen LogP contribution is -2.50. The molecule has 178 valence electrons. The smallest absolute Gasteiger partial charge is 0.418 e. The van der Waals surface area contributed by atoms with Crippen LogP contribution in [0.4, 0.5) is 4.79 Å². The van der Waals surface area contributed by atoms with Crippen molar-refractivity contribution in [1.82, 2.24) is 20.4 Å². The number of rotatable bonds is 6. The third kappa shape index (κ3) is 8.03. The SMILES string of the molecule is CC(C)(C)OC(=O)CONC(=O)[C@@H]1CC[C@@H]2CN1C(=O)N2OS(=O)(=O)O.c1ccncc1. The average molecular weight is 474 g/mol. The molecule has 0 spiro atoms. The van der Waals surface area contributed by atoms with Crippen molar-refractivity contribution in [1.29, 1.82) is 0 Å². The van der Waals surface area contributed by atoms with Gasteiger partial charge in [-0.2, -0.15) is 13.5 Å². The predicted octanol–water partition coefficient (Wildman–Crippen LogP) is 0.461. The number of hydroxylamine groups is 3. The molecular formula is C18H26N4O9S. The van der Waals surface area contributed by atoms with Gasteiger partial charge in [0.25, 0.3) is 5.91 Å². The number of aromatic nitrogens is 1. The zero-order valence-electron chi connectivity index (χ0n) is 17.8. The molecule has 32 heavy (non-hydrogen) atoms. The molecule has 3 amide bonds. The fraction of sp³-hybridized carbons (Fsp3) is 0.556. The lowest BCUT2D eigenvalue weighted by atomic mass is 10.0. The summed E-state index contributed by atoms with van der Waals surface area (Å²) >= 11 is 0. The number of ether oxygens (including phenoxy) is 1. The number of fused-ring (bicyclic) bond motifs is 2. The van der Waals surface area contributed by atoms with E-state index in [2.05, 4.69) is 14.7 Å². The molecule has 0 saturated carbocycles. The number of amides is 3. The van der Waals surface area contributed by atoms with Gasteiger partial charge in [-0.25, -0.2) is 15.1 Å². The number of piperidine rings is 1. The Hall–Kier alpha value is -2.81. The molecule has 2 aliphatic heterocycles. The van der Waals surface area contributed by atoms with Gasteiger partial charge in [0.2, 0.25) is 0 Å². The Morgan fingerprint density at radius 3 is 2.38 bits per heavy atom. The Bertz CT molecular complexity index is 878. The number of esters is 1. The largest absolute Gasteiger partial charge is 0.458 e. The number of carbonyl (C=O) groups is 3. The van der Waals surface area contributed by atoms with Crippen LogP contribution < -0.4 is 5.48 Å². The van der Waals surface area contributed by atoms with E-state index in [0.29, 0.717) is 5.06 Å². The molecule has 2 aliphatic rings. The van der Waals surface area contributed by atoms with Gasteiger partial charge in [0.15, 0.2) is 6.61 Å². The van der Waals surface area contributed by atoms with Crippen LogP contribution in [0.5, 0.6) is 0 Å². The molecule has 2 fully saturated rings. The number of nitrogens with zero attached hydrogens (tertiary/aromatic N) is 3. The predicted molar refractivity (Wildman–Crippen MR) is 108 cm³/mol. The van der Waals surface area contributed by atoms with E-state index in [9.17, 15) is 22.8 Å². The molecule has 13 nitrogen and oxygen atoms in total. The minimum absolute atomic E-state index is 0.0541. The molecule has 1 aromatic rings. The number of urea groups is 1. The lowest BCUT2D eigenvalue weighted by Gasteiger charge is -2.28. The fourth-order valence-corrected chi connectivity index (χ4v) is 3.41. The Balaban J connectivity index is 0.000000520. The van der Waals surface area contributed by atoms with Gasteiger partial charge >= 0.3 is 22.4 Å². The quantitative estimate of drug-likeness (QED) is 0.336. The second-order valence-electron chi connectivity index (χ2n) is 7.88. The van der Waals surface area contributed by atoms with Crippen LogP contribution in [0.2, 0.25) is 0 Å². The zero-order valence-corrected chi connectivity index (χ0v) is 18.6. The summed E-state index contributed by atoms with van der Waals surface area (Å²) in [4.78, 5) is 45.6. The van der Waals surface area contributed by atoms with Crippen molar-refractivity contribution in [3.05, 3.63) is 30.6 Å². The van der Waals surface area contributed by atoms with Crippen LogP contribution in [0.15, 0.2) is 30.6 Å². The minimum atomic E-state index is -4.85. The zero-order chi connectivity index (χ0) is 23.9. The molecule has 1 aromatic heterocycles. The second-order valence-corrected chi connectivity index (χ2v) is 8.88. The highest BCUT2D eigenvalue weighted by molar-refractivity contribution is 7.80. The van der Waals surface area contributed by atoms with E-state index in [1.54, 1.807) is 33.2 Å². The van der Waals surface area contributed by atoms with Crippen LogP contribution in [0.25, 0.3) is 0 Å². The maximum absolute atomic E-state index is 12.2. The molecule has 2 atom stereocenters. The van der Waals surface area contributed by atoms with Crippen LogP contribution in [-0.2, 0) is 33.8 Å². The van der Waals surface area contributed by atoms with Gasteiger partial charge in [0, 0.05) is 18.9 Å². The van der Waals surface area contributed by atoms with Gasteiger partial charge < -0.3 is 9.64 Å². The molecule has 2 bridgehead atoms. The van der Waals surface area contributed by atoms with Gasteiger partial charge in [-0.05, 0) is 45.7 Å². The van der Waals surface area contributed by atoms with E-state index in [0.717, 1.165) is 4.90 Å². The Morgan fingerprint density at radius 1 is 1.22 bits per heavy atom. The van der Waals surface area contributed by atoms with Crippen molar-refractivity contribution >= 4 is 28.3 Å². The summed E-state index contributed by atoms with van der Waals surface area (Å²) in [6.07, 6.45) is 4.01. The first-order valence-corrected chi connectivity index (χ1v) is 11.0. The maximum Gasteiger partial charge on any atom is 0.418 e. The summed E-state index contributed by atoms with van der Waals surface area (Å²) in [6, 6.07) is 3.33. The van der Waals surface area contributed by atoms with Crippen molar-refractivity contribution in [2.45, 2.75) is 51.3 Å². The number of carbonyl (C=O) groups excluding carboxylic acids is 3. The first-order chi connectivity index (χ1) is 14.9. The van der Waals surface area contributed by atoms with Gasteiger partial charge in [-0.15, -0.1) is 4.28 Å². The molecule has 3 rings (SSSR count). The third-order valence-corrected chi connectivity index (χ3v) is 4.50. The van der Waals surface area contributed by atoms with Crippen molar-refractivity contribution in [3.8, 4) is 0 Å². The highest BCUT2D eigenvalue weighted by Gasteiger charge is 2.49. The van der Waals surface area contributed by atoms with E-state index in [1.165, 1.54) is 0 Å². The first-order valence-electron chi connectivity index (χ1n) is 9.63. The summed E-state index contributed by atoms with van der Waals surface area (Å²) in [5.74, 6) is -1.35. The first kappa shape index (κ1) is 25.5. The van der Waals surface area contributed by atoms with Gasteiger partial charge in [-0.3, -0.25) is 19.2 Å². The normalized spacial score (nSPS) is 20.3. The van der Waals surface area contributed by atoms with E-state index in [-0.39, 0.29) is 19.4 Å². The number of pyridine rings is 1. The van der Waals surface area contributed by atoms with E-state index < -0.39 is 52.6 Å². The summed E-state index contributed by atoms with van der Waals surface area (Å²) in [6.45, 7) is 4.59. The van der Waals surface area contributed by atoms with Gasteiger partial charge in [0.05, 0.1) is 6.04 Å². The summed E-state index contributed by atoms with van der Waals surface area (Å²) in [7, 11) is -4.85.